The fourth-order valence-corrected chi connectivity index (χ4v) is 3.48. The summed E-state index contributed by atoms with van der Waals surface area (Å²) in [6.45, 7) is 5.53. The first kappa shape index (κ1) is 18.7. The summed E-state index contributed by atoms with van der Waals surface area (Å²) >= 11 is 0. The van der Waals surface area contributed by atoms with Crippen molar-refractivity contribution in [1.82, 2.24) is 25.4 Å². The van der Waals surface area contributed by atoms with Crippen LogP contribution in [0.15, 0.2) is 11.3 Å². The van der Waals surface area contributed by atoms with Gasteiger partial charge in [0.05, 0.1) is 0 Å². The molecule has 0 spiro atoms. The molecule has 24 heavy (non-hydrogen) atoms. The van der Waals surface area contributed by atoms with Crippen LogP contribution >= 0.6 is 0 Å². The highest BCUT2D eigenvalue weighted by molar-refractivity contribution is 5.79. The Balaban J connectivity index is 1.77. The highest BCUT2D eigenvalue weighted by atomic mass is 16.5. The third kappa shape index (κ3) is 5.19. The van der Waals surface area contributed by atoms with E-state index >= 15 is 0 Å². The molecule has 0 aliphatic heterocycles. The Morgan fingerprint density at radius 3 is 2.83 bits per heavy atom. The smallest absolute Gasteiger partial charge is 0.191 e. The summed E-state index contributed by atoms with van der Waals surface area (Å²) in [5.41, 5.74) is 0.358. The number of aryl methyl sites for hydroxylation is 1. The van der Waals surface area contributed by atoms with Gasteiger partial charge in [-0.25, -0.2) is 0 Å². The fraction of sp³-hybridized carbons (Fsp3) is 0.824. The van der Waals surface area contributed by atoms with Gasteiger partial charge in [0.25, 0.3) is 0 Å². The second kappa shape index (κ2) is 9.61. The molecule has 0 atom stereocenters. The minimum absolute atomic E-state index is 0.358. The van der Waals surface area contributed by atoms with Crippen LogP contribution in [0.2, 0.25) is 0 Å². The zero-order valence-corrected chi connectivity index (χ0v) is 15.3. The Bertz CT molecular complexity index is 507. The van der Waals surface area contributed by atoms with Crippen LogP contribution in [0, 0.1) is 5.41 Å². The van der Waals surface area contributed by atoms with E-state index < -0.39 is 0 Å². The molecule has 2 rings (SSSR count). The molecular weight excluding hydrogens is 304 g/mol. The monoisotopic (exact) mass is 336 g/mol. The first-order valence-corrected chi connectivity index (χ1v) is 9.03. The van der Waals surface area contributed by atoms with Gasteiger partial charge in [-0.3, -0.25) is 4.99 Å². The lowest BCUT2D eigenvalue weighted by Crippen LogP contribution is -2.44. The van der Waals surface area contributed by atoms with Gasteiger partial charge in [0.1, 0.15) is 12.2 Å². The molecule has 7 nitrogen and oxygen atoms in total. The molecule has 1 aliphatic rings. The van der Waals surface area contributed by atoms with Gasteiger partial charge < -0.3 is 19.9 Å². The number of nitrogens with zero attached hydrogens (tertiary/aromatic N) is 4. The van der Waals surface area contributed by atoms with Gasteiger partial charge in [0.2, 0.25) is 0 Å². The van der Waals surface area contributed by atoms with E-state index in [-0.39, 0.29) is 0 Å². The Kier molecular flexibility index (Phi) is 7.49. The van der Waals surface area contributed by atoms with Crippen molar-refractivity contribution in [2.24, 2.45) is 10.4 Å². The molecular formula is C17H32N6O. The van der Waals surface area contributed by atoms with Gasteiger partial charge in [-0.2, -0.15) is 0 Å². The molecule has 0 unspecified atom stereocenters. The maximum atomic E-state index is 5.30. The SMILES string of the molecule is CCc1nncn1CCNC(=NC)NCC1(CCOC)CCCC1. The number of ether oxygens (including phenoxy) is 1. The summed E-state index contributed by atoms with van der Waals surface area (Å²) in [7, 11) is 3.61. The van der Waals surface area contributed by atoms with Crippen molar-refractivity contribution in [2.45, 2.75) is 52.0 Å². The van der Waals surface area contributed by atoms with Crippen molar-refractivity contribution in [2.75, 3.05) is 33.9 Å². The number of nitrogens with one attached hydrogen (secondary N) is 2. The molecule has 0 amide bonds. The lowest BCUT2D eigenvalue weighted by molar-refractivity contribution is 0.138. The molecule has 136 valence electrons. The highest BCUT2D eigenvalue weighted by Crippen LogP contribution is 2.40. The number of guanidine groups is 1. The highest BCUT2D eigenvalue weighted by Gasteiger charge is 2.33. The van der Waals surface area contributed by atoms with Crippen molar-refractivity contribution in [3.05, 3.63) is 12.2 Å². The van der Waals surface area contributed by atoms with E-state index in [1.807, 2.05) is 7.05 Å². The third-order valence-electron chi connectivity index (χ3n) is 5.01. The van der Waals surface area contributed by atoms with E-state index in [1.54, 1.807) is 13.4 Å². The van der Waals surface area contributed by atoms with E-state index in [4.69, 9.17) is 4.74 Å². The molecule has 1 fully saturated rings. The van der Waals surface area contributed by atoms with Gasteiger partial charge in [-0.1, -0.05) is 19.8 Å². The molecule has 1 heterocycles. The Morgan fingerprint density at radius 2 is 2.17 bits per heavy atom. The van der Waals surface area contributed by atoms with E-state index in [0.717, 1.165) is 50.9 Å². The maximum Gasteiger partial charge on any atom is 0.191 e. The largest absolute Gasteiger partial charge is 0.385 e. The van der Waals surface area contributed by atoms with Crippen molar-refractivity contribution in [3.63, 3.8) is 0 Å². The maximum absolute atomic E-state index is 5.30. The van der Waals surface area contributed by atoms with Crippen LogP contribution in [0.25, 0.3) is 0 Å². The van der Waals surface area contributed by atoms with Gasteiger partial charge in [-0.05, 0) is 24.7 Å². The first-order chi connectivity index (χ1) is 11.7. The van der Waals surface area contributed by atoms with Crippen molar-refractivity contribution >= 4 is 5.96 Å². The quantitative estimate of drug-likeness (QED) is 0.529. The van der Waals surface area contributed by atoms with Crippen LogP contribution < -0.4 is 10.6 Å². The minimum atomic E-state index is 0.358. The summed E-state index contributed by atoms with van der Waals surface area (Å²) in [6.07, 6.45) is 9.01. The van der Waals surface area contributed by atoms with Crippen LogP contribution in [-0.4, -0.2) is 54.6 Å². The van der Waals surface area contributed by atoms with Crippen LogP contribution in [0.4, 0.5) is 0 Å². The predicted octanol–water partition coefficient (Wildman–Crippen LogP) is 1.60. The van der Waals surface area contributed by atoms with Gasteiger partial charge in [0.15, 0.2) is 5.96 Å². The second-order valence-corrected chi connectivity index (χ2v) is 6.60. The molecule has 1 aromatic heterocycles. The molecule has 1 aliphatic carbocycles. The molecule has 0 saturated heterocycles. The lowest BCUT2D eigenvalue weighted by Gasteiger charge is -2.30. The van der Waals surface area contributed by atoms with Crippen LogP contribution in [0.5, 0.6) is 0 Å². The summed E-state index contributed by atoms with van der Waals surface area (Å²) in [5.74, 6) is 1.88. The normalized spacial score (nSPS) is 17.2. The average Bonchev–Trinajstić information content (AvgIpc) is 3.25. The molecule has 1 aromatic rings. The van der Waals surface area contributed by atoms with Crippen LogP contribution in [0.3, 0.4) is 0 Å². The summed E-state index contributed by atoms with van der Waals surface area (Å²) in [4.78, 5) is 4.34. The zero-order valence-electron chi connectivity index (χ0n) is 15.3. The molecule has 1 saturated carbocycles. The van der Waals surface area contributed by atoms with E-state index in [9.17, 15) is 0 Å². The number of aliphatic imine (C=N–C) groups is 1. The van der Waals surface area contributed by atoms with Crippen LogP contribution in [-0.2, 0) is 17.7 Å². The standard InChI is InChI=1S/C17H32N6O/c1-4-15-22-21-14-23(15)11-10-19-16(18-2)20-13-17(9-12-24-3)7-5-6-8-17/h14H,4-13H2,1-3H3,(H2,18,19,20). The number of hydrogen-bond acceptors (Lipinski definition) is 4. The predicted molar refractivity (Wildman–Crippen MR) is 96.2 cm³/mol. The van der Waals surface area contributed by atoms with Crippen molar-refractivity contribution in [1.29, 1.82) is 0 Å². The number of rotatable bonds is 9. The summed E-state index contributed by atoms with van der Waals surface area (Å²) in [5, 5.41) is 15.0. The van der Waals surface area contributed by atoms with Crippen molar-refractivity contribution in [3.8, 4) is 0 Å². The molecule has 0 aromatic carbocycles. The third-order valence-corrected chi connectivity index (χ3v) is 5.01. The Morgan fingerprint density at radius 1 is 1.38 bits per heavy atom. The zero-order chi connectivity index (χ0) is 17.3. The van der Waals surface area contributed by atoms with E-state index in [1.165, 1.54) is 25.7 Å². The van der Waals surface area contributed by atoms with E-state index in [0.29, 0.717) is 5.41 Å². The number of aromatic nitrogens is 3. The first-order valence-electron chi connectivity index (χ1n) is 9.03. The molecule has 0 bridgehead atoms. The Hall–Kier alpha value is -1.63. The van der Waals surface area contributed by atoms with Crippen molar-refractivity contribution < 1.29 is 4.74 Å². The van der Waals surface area contributed by atoms with Gasteiger partial charge in [-0.15, -0.1) is 10.2 Å². The topological polar surface area (TPSA) is 76.4 Å². The molecule has 0 radical (unpaired) electrons. The number of methoxy groups -OCH3 is 1. The average molecular weight is 336 g/mol. The molecule has 7 heteroatoms. The fourth-order valence-electron chi connectivity index (χ4n) is 3.48. The number of hydrogen-bond donors (Lipinski definition) is 2. The summed E-state index contributed by atoms with van der Waals surface area (Å²) < 4.78 is 7.38. The summed E-state index contributed by atoms with van der Waals surface area (Å²) in [6, 6.07) is 0. The molecule has 2 N–H and O–H groups in total. The second-order valence-electron chi connectivity index (χ2n) is 6.60. The Labute approximate surface area is 145 Å². The lowest BCUT2D eigenvalue weighted by atomic mass is 9.83. The minimum Gasteiger partial charge on any atom is -0.385 e. The van der Waals surface area contributed by atoms with Crippen LogP contribution in [0.1, 0.15) is 44.9 Å². The van der Waals surface area contributed by atoms with Gasteiger partial charge in [0, 0.05) is 46.8 Å². The van der Waals surface area contributed by atoms with E-state index in [2.05, 4.69) is 37.3 Å². The van der Waals surface area contributed by atoms with Gasteiger partial charge >= 0.3 is 0 Å².